The van der Waals surface area contributed by atoms with E-state index in [1.54, 1.807) is 13.2 Å². The van der Waals surface area contributed by atoms with E-state index in [4.69, 9.17) is 4.74 Å². The zero-order valence-electron chi connectivity index (χ0n) is 14.6. The maximum atomic E-state index is 12.2. The van der Waals surface area contributed by atoms with Crippen LogP contribution in [0.1, 0.15) is 10.6 Å². The van der Waals surface area contributed by atoms with Crippen LogP contribution in [-0.2, 0) is 11.3 Å². The van der Waals surface area contributed by atoms with Crippen molar-refractivity contribution in [3.8, 4) is 17.0 Å². The molecule has 0 atom stereocenters. The van der Waals surface area contributed by atoms with E-state index < -0.39 is 0 Å². The molecule has 0 aliphatic rings. The van der Waals surface area contributed by atoms with Crippen molar-refractivity contribution in [2.75, 3.05) is 12.4 Å². The van der Waals surface area contributed by atoms with Crippen LogP contribution in [0.3, 0.4) is 0 Å². The van der Waals surface area contributed by atoms with E-state index in [2.05, 4.69) is 15.4 Å². The van der Waals surface area contributed by atoms with Gasteiger partial charge in [-0.25, -0.2) is 9.67 Å². The number of methoxy groups -OCH3 is 1. The fourth-order valence-electron chi connectivity index (χ4n) is 2.32. The number of hydrogen-bond acceptors (Lipinski definition) is 6. The van der Waals surface area contributed by atoms with Gasteiger partial charge in [0.2, 0.25) is 5.91 Å². The lowest BCUT2D eigenvalue weighted by Gasteiger charge is -2.08. The van der Waals surface area contributed by atoms with Crippen molar-refractivity contribution in [3.63, 3.8) is 0 Å². The van der Waals surface area contributed by atoms with E-state index in [0.29, 0.717) is 16.6 Å². The van der Waals surface area contributed by atoms with E-state index in [9.17, 15) is 9.59 Å². The number of benzene rings is 1. The fourth-order valence-corrected chi connectivity index (χ4v) is 3.15. The number of carbonyl (C=O) groups excluding carboxylic acids is 1. The van der Waals surface area contributed by atoms with Gasteiger partial charge in [0.05, 0.1) is 18.5 Å². The summed E-state index contributed by atoms with van der Waals surface area (Å²) in [6.07, 6.45) is 0. The predicted molar refractivity (Wildman–Crippen MR) is 101 cm³/mol. The number of anilines is 1. The van der Waals surface area contributed by atoms with Gasteiger partial charge in [-0.1, -0.05) is 12.1 Å². The first-order valence-electron chi connectivity index (χ1n) is 7.93. The van der Waals surface area contributed by atoms with E-state index >= 15 is 0 Å². The number of hydrogen-bond donors (Lipinski definition) is 1. The molecule has 0 spiro atoms. The Balaban J connectivity index is 1.81. The molecule has 0 fully saturated rings. The number of amides is 1. The van der Waals surface area contributed by atoms with Crippen molar-refractivity contribution >= 4 is 22.4 Å². The molecule has 134 valence electrons. The monoisotopic (exact) mass is 370 g/mol. The second kappa shape index (κ2) is 7.49. The predicted octanol–water partition coefficient (Wildman–Crippen LogP) is 2.63. The molecule has 0 unspecified atom stereocenters. The normalized spacial score (nSPS) is 10.6. The zero-order chi connectivity index (χ0) is 18.7. The van der Waals surface area contributed by atoms with Gasteiger partial charge in [0.1, 0.15) is 12.3 Å². The van der Waals surface area contributed by atoms with Crippen LogP contribution in [-0.4, -0.2) is 27.8 Å². The van der Waals surface area contributed by atoms with Gasteiger partial charge < -0.3 is 10.1 Å². The van der Waals surface area contributed by atoms with E-state index in [1.807, 2.05) is 38.1 Å². The van der Waals surface area contributed by atoms with Gasteiger partial charge in [-0.05, 0) is 32.0 Å². The summed E-state index contributed by atoms with van der Waals surface area (Å²) >= 11 is 1.40. The molecule has 1 N–H and O–H groups in total. The summed E-state index contributed by atoms with van der Waals surface area (Å²) in [5.74, 6) is 0.338. The van der Waals surface area contributed by atoms with E-state index in [-0.39, 0.29) is 18.0 Å². The fraction of sp³-hybridized carbons (Fsp3) is 0.222. The summed E-state index contributed by atoms with van der Waals surface area (Å²) in [7, 11) is 1.58. The number of thiazole rings is 1. The lowest BCUT2D eigenvalue weighted by molar-refractivity contribution is -0.117. The number of rotatable bonds is 5. The van der Waals surface area contributed by atoms with Crippen molar-refractivity contribution in [2.45, 2.75) is 20.4 Å². The summed E-state index contributed by atoms with van der Waals surface area (Å²) in [6, 6.07) is 10.4. The van der Waals surface area contributed by atoms with Gasteiger partial charge in [-0.15, -0.1) is 11.3 Å². The van der Waals surface area contributed by atoms with Gasteiger partial charge >= 0.3 is 0 Å². The molecule has 0 bridgehead atoms. The Kier molecular flexibility index (Phi) is 5.13. The van der Waals surface area contributed by atoms with Crippen molar-refractivity contribution in [1.82, 2.24) is 14.8 Å². The molecule has 1 amide bonds. The first kappa shape index (κ1) is 17.8. The third-order valence-electron chi connectivity index (χ3n) is 3.80. The second-order valence-corrected chi connectivity index (χ2v) is 6.86. The Morgan fingerprint density at radius 3 is 2.77 bits per heavy atom. The van der Waals surface area contributed by atoms with Crippen LogP contribution in [0.4, 0.5) is 5.13 Å². The number of nitrogens with one attached hydrogen (secondary N) is 1. The number of nitrogens with zero attached hydrogens (tertiary/aromatic N) is 3. The molecular formula is C18H18N4O3S. The van der Waals surface area contributed by atoms with Crippen molar-refractivity contribution in [2.24, 2.45) is 0 Å². The Labute approximate surface area is 154 Å². The SMILES string of the molecule is COc1cccc(-c2ccc(=O)n(CC(=O)Nc3nc(C)c(C)s3)n2)c1. The average Bonchev–Trinajstić information content (AvgIpc) is 2.94. The van der Waals surface area contributed by atoms with Crippen molar-refractivity contribution in [3.05, 3.63) is 57.3 Å². The lowest BCUT2D eigenvalue weighted by Crippen LogP contribution is -2.29. The number of aromatic nitrogens is 3. The van der Waals surface area contributed by atoms with Crippen LogP contribution in [0.5, 0.6) is 5.75 Å². The summed E-state index contributed by atoms with van der Waals surface area (Å²) in [4.78, 5) is 29.6. The van der Waals surface area contributed by atoms with Crippen LogP contribution < -0.4 is 15.6 Å². The number of ether oxygens (including phenoxy) is 1. The van der Waals surface area contributed by atoms with Gasteiger partial charge in [0.25, 0.3) is 5.56 Å². The largest absolute Gasteiger partial charge is 0.497 e. The van der Waals surface area contributed by atoms with Gasteiger partial charge in [-0.2, -0.15) is 5.10 Å². The highest BCUT2D eigenvalue weighted by Crippen LogP contribution is 2.22. The van der Waals surface area contributed by atoms with E-state index in [0.717, 1.165) is 20.8 Å². The minimum atomic E-state index is -0.351. The Morgan fingerprint density at radius 2 is 2.08 bits per heavy atom. The molecule has 0 saturated heterocycles. The number of carbonyl (C=O) groups is 1. The molecule has 0 aliphatic carbocycles. The standard InChI is InChI=1S/C18H18N4O3S/c1-11-12(2)26-18(19-11)20-16(23)10-22-17(24)8-7-15(21-22)13-5-4-6-14(9-13)25-3/h4-9H,10H2,1-3H3,(H,19,20,23). The zero-order valence-corrected chi connectivity index (χ0v) is 15.5. The summed E-state index contributed by atoms with van der Waals surface area (Å²) in [6.45, 7) is 3.63. The van der Waals surface area contributed by atoms with Gasteiger partial charge in [0.15, 0.2) is 5.13 Å². The summed E-state index contributed by atoms with van der Waals surface area (Å²) in [5.41, 5.74) is 1.90. The molecule has 3 rings (SSSR count). The highest BCUT2D eigenvalue weighted by Gasteiger charge is 2.11. The lowest BCUT2D eigenvalue weighted by atomic mass is 10.1. The van der Waals surface area contributed by atoms with Crippen LogP contribution in [0, 0.1) is 13.8 Å². The van der Waals surface area contributed by atoms with Crippen LogP contribution in [0.2, 0.25) is 0 Å². The number of aryl methyl sites for hydroxylation is 2. The van der Waals surface area contributed by atoms with Crippen LogP contribution in [0.25, 0.3) is 11.3 Å². The third kappa shape index (κ3) is 3.97. The maximum Gasteiger partial charge on any atom is 0.267 e. The van der Waals surface area contributed by atoms with Crippen molar-refractivity contribution in [1.29, 1.82) is 0 Å². The molecule has 1 aromatic carbocycles. The Morgan fingerprint density at radius 1 is 1.27 bits per heavy atom. The molecule has 26 heavy (non-hydrogen) atoms. The van der Waals surface area contributed by atoms with Crippen molar-refractivity contribution < 1.29 is 9.53 Å². The molecule has 8 heteroatoms. The quantitative estimate of drug-likeness (QED) is 0.746. The average molecular weight is 370 g/mol. The van der Waals surface area contributed by atoms with Gasteiger partial charge in [0, 0.05) is 16.5 Å². The molecule has 0 saturated carbocycles. The molecule has 2 aromatic heterocycles. The molecule has 0 aliphatic heterocycles. The van der Waals surface area contributed by atoms with Crippen LogP contribution >= 0.6 is 11.3 Å². The summed E-state index contributed by atoms with van der Waals surface area (Å²) < 4.78 is 6.34. The summed E-state index contributed by atoms with van der Waals surface area (Å²) in [5, 5.41) is 7.51. The Bertz CT molecular complexity index is 990. The third-order valence-corrected chi connectivity index (χ3v) is 4.79. The minimum Gasteiger partial charge on any atom is -0.497 e. The smallest absolute Gasteiger partial charge is 0.267 e. The molecular weight excluding hydrogens is 352 g/mol. The highest BCUT2D eigenvalue weighted by molar-refractivity contribution is 7.15. The first-order valence-corrected chi connectivity index (χ1v) is 8.74. The minimum absolute atomic E-state index is 0.186. The molecule has 3 aromatic rings. The molecule has 0 radical (unpaired) electrons. The van der Waals surface area contributed by atoms with E-state index in [1.165, 1.54) is 17.4 Å². The topological polar surface area (TPSA) is 86.1 Å². The molecule has 2 heterocycles. The van der Waals surface area contributed by atoms with Crippen LogP contribution in [0.15, 0.2) is 41.2 Å². The maximum absolute atomic E-state index is 12.2. The van der Waals surface area contributed by atoms with Gasteiger partial charge in [-0.3, -0.25) is 9.59 Å². The Hall–Kier alpha value is -3.00. The highest BCUT2D eigenvalue weighted by atomic mass is 32.1. The first-order chi connectivity index (χ1) is 12.5. The second-order valence-electron chi connectivity index (χ2n) is 5.66. The molecule has 7 nitrogen and oxygen atoms in total.